The Labute approximate surface area is 224 Å². The second-order valence-electron chi connectivity index (χ2n) is 10.8. The molecule has 2 N–H and O–H groups in total. The molecular formula is C28H31F3N6O2. The van der Waals surface area contributed by atoms with Gasteiger partial charge >= 0.3 is 0 Å². The van der Waals surface area contributed by atoms with Crippen molar-refractivity contribution in [2.45, 2.75) is 65.0 Å². The average molecular weight is 541 g/mol. The molecule has 2 saturated carbocycles. The van der Waals surface area contributed by atoms with E-state index in [-0.39, 0.29) is 34.8 Å². The molecule has 2 fully saturated rings. The SMILES string of the molecule is Cc1cnc(C)c(-c2ccc(NC(=O)[C@@H](NC(=O)c3ccnn3CC(C)(F)F)C(C3CC3)C3CC3)nc2F)c1. The number of nitrogens with zero attached hydrogens (tertiary/aromatic N) is 4. The Balaban J connectivity index is 1.38. The molecule has 11 heteroatoms. The Bertz CT molecular complexity index is 1380. The molecule has 0 aliphatic heterocycles. The number of pyridine rings is 2. The van der Waals surface area contributed by atoms with Crippen LogP contribution in [0.25, 0.3) is 11.1 Å². The summed E-state index contributed by atoms with van der Waals surface area (Å²) in [5.41, 5.74) is 2.34. The van der Waals surface area contributed by atoms with Gasteiger partial charge in [-0.15, -0.1) is 0 Å². The summed E-state index contributed by atoms with van der Waals surface area (Å²) in [5, 5.41) is 9.32. The number of anilines is 1. The molecule has 0 bridgehead atoms. The number of aryl methyl sites for hydroxylation is 2. The van der Waals surface area contributed by atoms with Crippen LogP contribution in [0.15, 0.2) is 36.7 Å². The molecule has 5 rings (SSSR count). The van der Waals surface area contributed by atoms with Crippen LogP contribution in [0.3, 0.4) is 0 Å². The van der Waals surface area contributed by atoms with E-state index in [0.717, 1.165) is 42.9 Å². The van der Waals surface area contributed by atoms with Gasteiger partial charge in [-0.25, -0.2) is 13.8 Å². The van der Waals surface area contributed by atoms with Gasteiger partial charge in [0.15, 0.2) is 0 Å². The number of hydrogen-bond donors (Lipinski definition) is 2. The fourth-order valence-electron chi connectivity index (χ4n) is 5.18. The molecule has 2 aliphatic carbocycles. The van der Waals surface area contributed by atoms with E-state index in [1.54, 1.807) is 13.1 Å². The lowest BCUT2D eigenvalue weighted by molar-refractivity contribution is -0.119. The number of carbonyl (C=O) groups is 2. The lowest BCUT2D eigenvalue weighted by Gasteiger charge is -2.27. The number of alkyl halides is 2. The molecular weight excluding hydrogens is 509 g/mol. The van der Waals surface area contributed by atoms with E-state index in [0.29, 0.717) is 11.3 Å². The van der Waals surface area contributed by atoms with Crippen molar-refractivity contribution >= 4 is 17.6 Å². The Hall–Kier alpha value is -3.76. The summed E-state index contributed by atoms with van der Waals surface area (Å²) in [7, 11) is 0. The number of halogens is 3. The van der Waals surface area contributed by atoms with Crippen molar-refractivity contribution in [3.8, 4) is 11.1 Å². The maximum absolute atomic E-state index is 15.1. The van der Waals surface area contributed by atoms with Gasteiger partial charge in [0.05, 0.1) is 0 Å². The van der Waals surface area contributed by atoms with Crippen LogP contribution in [0.4, 0.5) is 19.0 Å². The monoisotopic (exact) mass is 540 g/mol. The molecule has 2 amide bonds. The lowest BCUT2D eigenvalue weighted by Crippen LogP contribution is -2.50. The topological polar surface area (TPSA) is 102 Å². The Kier molecular flexibility index (Phi) is 7.17. The fraction of sp³-hybridized carbons (Fsp3) is 0.464. The highest BCUT2D eigenvalue weighted by Gasteiger charge is 2.48. The van der Waals surface area contributed by atoms with Gasteiger partial charge in [-0.3, -0.25) is 19.3 Å². The first-order valence-corrected chi connectivity index (χ1v) is 13.1. The Morgan fingerprint density at radius 2 is 1.79 bits per heavy atom. The first kappa shape index (κ1) is 26.8. The molecule has 0 aromatic carbocycles. The number of carbonyl (C=O) groups excluding carboxylic acids is 2. The van der Waals surface area contributed by atoms with Crippen LogP contribution in [-0.2, 0) is 11.3 Å². The van der Waals surface area contributed by atoms with Gasteiger partial charge in [-0.2, -0.15) is 9.49 Å². The first-order chi connectivity index (χ1) is 18.5. The molecule has 3 aromatic heterocycles. The highest BCUT2D eigenvalue weighted by molar-refractivity contribution is 6.00. The van der Waals surface area contributed by atoms with E-state index in [1.165, 1.54) is 24.4 Å². The highest BCUT2D eigenvalue weighted by Crippen LogP contribution is 2.51. The minimum atomic E-state index is -3.07. The zero-order valence-corrected chi connectivity index (χ0v) is 22.0. The lowest BCUT2D eigenvalue weighted by atomic mass is 9.88. The molecule has 8 nitrogen and oxygen atoms in total. The standard InChI is InChI=1S/C28H31F3N6O2/c1-15-12-20(16(2)32-13-15)19-8-9-22(34-25(19)29)35-27(39)24(23(17-4-5-17)18-6-7-18)36-26(38)21-10-11-33-37(21)14-28(3,30)31/h8-13,17-18,23-24H,4-7,14H2,1-3H3,(H,36,38)(H,34,35,39)/t24-/m0/s1. The summed E-state index contributed by atoms with van der Waals surface area (Å²) in [6.45, 7) is 3.62. The summed E-state index contributed by atoms with van der Waals surface area (Å²) in [6.07, 6.45) is 6.77. The molecule has 39 heavy (non-hydrogen) atoms. The van der Waals surface area contributed by atoms with Crippen molar-refractivity contribution in [3.05, 3.63) is 59.6 Å². The van der Waals surface area contributed by atoms with Crippen LogP contribution in [-0.4, -0.2) is 43.5 Å². The molecule has 2 aliphatic rings. The normalized spacial score (nSPS) is 16.3. The zero-order chi connectivity index (χ0) is 27.9. The molecule has 206 valence electrons. The summed E-state index contributed by atoms with van der Waals surface area (Å²) in [4.78, 5) is 35.0. The number of aromatic nitrogens is 4. The van der Waals surface area contributed by atoms with Crippen molar-refractivity contribution in [1.82, 2.24) is 25.1 Å². The predicted octanol–water partition coefficient (Wildman–Crippen LogP) is 4.92. The third kappa shape index (κ3) is 6.29. The van der Waals surface area contributed by atoms with Gasteiger partial charge in [0.1, 0.15) is 24.1 Å². The van der Waals surface area contributed by atoms with E-state index in [2.05, 4.69) is 25.7 Å². The molecule has 3 heterocycles. The zero-order valence-electron chi connectivity index (χ0n) is 22.0. The first-order valence-electron chi connectivity index (χ1n) is 13.1. The second kappa shape index (κ2) is 10.4. The van der Waals surface area contributed by atoms with Crippen LogP contribution in [0.2, 0.25) is 0 Å². The van der Waals surface area contributed by atoms with E-state index < -0.39 is 36.3 Å². The minimum absolute atomic E-state index is 0.0137. The molecule has 0 unspecified atom stereocenters. The van der Waals surface area contributed by atoms with E-state index in [1.807, 2.05) is 13.0 Å². The summed E-state index contributed by atoms with van der Waals surface area (Å²) in [5.74, 6) is -4.55. The molecule has 0 radical (unpaired) electrons. The third-order valence-corrected chi connectivity index (χ3v) is 7.28. The predicted molar refractivity (Wildman–Crippen MR) is 139 cm³/mol. The summed E-state index contributed by atoms with van der Waals surface area (Å²) >= 11 is 0. The van der Waals surface area contributed by atoms with Crippen molar-refractivity contribution in [2.24, 2.45) is 17.8 Å². The van der Waals surface area contributed by atoms with Gasteiger partial charge in [0.25, 0.3) is 11.8 Å². The average Bonchev–Trinajstić information content (AvgIpc) is 3.79. The van der Waals surface area contributed by atoms with Crippen LogP contribution < -0.4 is 10.6 Å². The summed E-state index contributed by atoms with van der Waals surface area (Å²) < 4.78 is 43.3. The maximum Gasteiger partial charge on any atom is 0.270 e. The minimum Gasteiger partial charge on any atom is -0.339 e. The smallest absolute Gasteiger partial charge is 0.270 e. The second-order valence-corrected chi connectivity index (χ2v) is 10.8. The van der Waals surface area contributed by atoms with Gasteiger partial charge in [0.2, 0.25) is 11.9 Å². The third-order valence-electron chi connectivity index (χ3n) is 7.28. The van der Waals surface area contributed by atoms with Crippen LogP contribution >= 0.6 is 0 Å². The molecule has 3 aromatic rings. The van der Waals surface area contributed by atoms with Crippen molar-refractivity contribution in [3.63, 3.8) is 0 Å². The van der Waals surface area contributed by atoms with Crippen molar-refractivity contribution in [1.29, 1.82) is 0 Å². The quantitative estimate of drug-likeness (QED) is 0.356. The molecule has 1 atom stereocenters. The molecule has 0 saturated heterocycles. The maximum atomic E-state index is 15.1. The highest BCUT2D eigenvalue weighted by atomic mass is 19.3. The van der Waals surface area contributed by atoms with E-state index >= 15 is 4.39 Å². The van der Waals surface area contributed by atoms with Crippen molar-refractivity contribution in [2.75, 3.05) is 5.32 Å². The number of nitrogens with one attached hydrogen (secondary N) is 2. The van der Waals surface area contributed by atoms with Gasteiger partial charge < -0.3 is 10.6 Å². The van der Waals surface area contributed by atoms with E-state index in [4.69, 9.17) is 0 Å². The Morgan fingerprint density at radius 3 is 2.41 bits per heavy atom. The van der Waals surface area contributed by atoms with Crippen LogP contribution in [0.5, 0.6) is 0 Å². The largest absolute Gasteiger partial charge is 0.339 e. The molecule has 0 spiro atoms. The van der Waals surface area contributed by atoms with Gasteiger partial charge in [0, 0.05) is 36.1 Å². The van der Waals surface area contributed by atoms with Gasteiger partial charge in [-0.1, -0.05) is 0 Å². The summed E-state index contributed by atoms with van der Waals surface area (Å²) in [6, 6.07) is 5.28. The Morgan fingerprint density at radius 1 is 1.10 bits per heavy atom. The fourth-order valence-corrected chi connectivity index (χ4v) is 5.18. The number of hydrogen-bond acceptors (Lipinski definition) is 5. The van der Waals surface area contributed by atoms with Gasteiger partial charge in [-0.05, 0) is 87.1 Å². The number of amides is 2. The van der Waals surface area contributed by atoms with E-state index in [9.17, 15) is 18.4 Å². The van der Waals surface area contributed by atoms with Crippen LogP contribution in [0.1, 0.15) is 54.4 Å². The van der Waals surface area contributed by atoms with Crippen molar-refractivity contribution < 1.29 is 22.8 Å². The number of rotatable bonds is 10. The van der Waals surface area contributed by atoms with Crippen LogP contribution in [0, 0.1) is 37.5 Å².